The molecule has 2 fully saturated rings. The standard InChI is InChI=1S/C29H31F3N2O3/c1-17-25(27(35)36-18(2)19-7-5-8-21(15-19)29(30,31)32)26-22-16-20-9-6-14-34-13-4-3-12-28(20,34)37-24(22)11-10-23(26)33-17/h5,7-8,10-11,15,18,20,33H,3-4,6,9,12-14,16H2,1-2H3. The number of ether oxygens (including phenoxy) is 2. The predicted octanol–water partition coefficient (Wildman–Crippen LogP) is 6.94. The number of aromatic amines is 1. The van der Waals surface area contributed by atoms with Gasteiger partial charge in [0.2, 0.25) is 0 Å². The number of carbonyl (C=O) groups excluding carboxylic acids is 1. The van der Waals surface area contributed by atoms with Crippen LogP contribution in [-0.4, -0.2) is 34.7 Å². The molecule has 4 heterocycles. The lowest BCUT2D eigenvalue weighted by molar-refractivity contribution is -0.177. The van der Waals surface area contributed by atoms with Gasteiger partial charge in [-0.2, -0.15) is 13.2 Å². The minimum atomic E-state index is -4.46. The van der Waals surface area contributed by atoms with E-state index in [0.29, 0.717) is 22.7 Å². The minimum absolute atomic E-state index is 0.263. The molecule has 0 saturated carbocycles. The molecule has 37 heavy (non-hydrogen) atoms. The van der Waals surface area contributed by atoms with Crippen LogP contribution in [0.25, 0.3) is 10.9 Å². The molecule has 0 aliphatic carbocycles. The Morgan fingerprint density at radius 1 is 1.19 bits per heavy atom. The summed E-state index contributed by atoms with van der Waals surface area (Å²) < 4.78 is 52.2. The summed E-state index contributed by atoms with van der Waals surface area (Å²) in [6, 6.07) is 8.88. The van der Waals surface area contributed by atoms with Crippen LogP contribution in [0.15, 0.2) is 36.4 Å². The Morgan fingerprint density at radius 3 is 2.81 bits per heavy atom. The van der Waals surface area contributed by atoms with E-state index in [2.05, 4.69) is 9.88 Å². The molecule has 1 N–H and O–H groups in total. The molecule has 3 aliphatic rings. The largest absolute Gasteiger partial charge is 0.472 e. The maximum absolute atomic E-state index is 13.5. The number of hydrogen-bond donors (Lipinski definition) is 1. The number of aromatic nitrogens is 1. The van der Waals surface area contributed by atoms with E-state index in [0.717, 1.165) is 79.5 Å². The first-order valence-corrected chi connectivity index (χ1v) is 13.1. The fourth-order valence-corrected chi connectivity index (χ4v) is 6.72. The minimum Gasteiger partial charge on any atom is -0.472 e. The van der Waals surface area contributed by atoms with Crippen molar-refractivity contribution < 1.29 is 27.4 Å². The normalized spacial score (nSPS) is 24.5. The van der Waals surface area contributed by atoms with Gasteiger partial charge in [0.1, 0.15) is 11.9 Å². The van der Waals surface area contributed by atoms with E-state index in [1.165, 1.54) is 12.5 Å². The molecule has 2 saturated heterocycles. The fraction of sp³-hybridized carbons (Fsp3) is 0.483. The SMILES string of the molecule is Cc1[nH]c2ccc3c(c2c1C(=O)OC(C)c1cccc(C(F)(F)F)c1)CC1CCCN2CCCCC12O3. The lowest BCUT2D eigenvalue weighted by Crippen LogP contribution is -2.64. The number of rotatable bonds is 3. The highest BCUT2D eigenvalue weighted by atomic mass is 19.4. The Labute approximate surface area is 213 Å². The van der Waals surface area contributed by atoms with Gasteiger partial charge in [0.15, 0.2) is 5.72 Å². The lowest BCUT2D eigenvalue weighted by atomic mass is 9.74. The first-order chi connectivity index (χ1) is 17.7. The molecule has 5 nitrogen and oxygen atoms in total. The number of halogens is 3. The third-order valence-corrected chi connectivity index (χ3v) is 8.49. The van der Waals surface area contributed by atoms with Crippen LogP contribution in [0.5, 0.6) is 5.75 Å². The molecule has 3 aromatic rings. The van der Waals surface area contributed by atoms with Crippen molar-refractivity contribution in [2.24, 2.45) is 5.92 Å². The van der Waals surface area contributed by atoms with Crippen LogP contribution >= 0.6 is 0 Å². The predicted molar refractivity (Wildman–Crippen MR) is 134 cm³/mol. The molecule has 1 spiro atoms. The molecule has 2 aromatic carbocycles. The van der Waals surface area contributed by atoms with Gasteiger partial charge in [-0.15, -0.1) is 0 Å². The number of hydrogen-bond acceptors (Lipinski definition) is 4. The maximum atomic E-state index is 13.5. The molecule has 0 bridgehead atoms. The van der Waals surface area contributed by atoms with E-state index in [9.17, 15) is 18.0 Å². The van der Waals surface area contributed by atoms with Crippen LogP contribution < -0.4 is 4.74 Å². The topological polar surface area (TPSA) is 54.6 Å². The summed E-state index contributed by atoms with van der Waals surface area (Å²) in [6.45, 7) is 5.54. The fourth-order valence-electron chi connectivity index (χ4n) is 6.72. The number of benzene rings is 2. The molecule has 0 radical (unpaired) electrons. The first-order valence-electron chi connectivity index (χ1n) is 13.1. The molecular weight excluding hydrogens is 481 g/mol. The van der Waals surface area contributed by atoms with E-state index >= 15 is 0 Å². The van der Waals surface area contributed by atoms with Crippen molar-refractivity contribution in [1.29, 1.82) is 0 Å². The molecule has 0 amide bonds. The average molecular weight is 513 g/mol. The van der Waals surface area contributed by atoms with E-state index in [1.807, 2.05) is 19.1 Å². The van der Waals surface area contributed by atoms with Crippen LogP contribution in [0.4, 0.5) is 13.2 Å². The Hall–Kier alpha value is -3.00. The molecular formula is C29H31F3N2O3. The summed E-state index contributed by atoms with van der Waals surface area (Å²) in [5, 5.41) is 0.805. The highest BCUT2D eigenvalue weighted by Crippen LogP contribution is 2.50. The van der Waals surface area contributed by atoms with Gasteiger partial charge in [0.25, 0.3) is 0 Å². The number of carbonyl (C=O) groups is 1. The zero-order valence-corrected chi connectivity index (χ0v) is 21.1. The van der Waals surface area contributed by atoms with Crippen LogP contribution in [0.2, 0.25) is 0 Å². The zero-order chi connectivity index (χ0) is 25.9. The first kappa shape index (κ1) is 24.3. The van der Waals surface area contributed by atoms with Gasteiger partial charge in [0, 0.05) is 47.6 Å². The quantitative estimate of drug-likeness (QED) is 0.386. The van der Waals surface area contributed by atoms with E-state index < -0.39 is 23.8 Å². The summed E-state index contributed by atoms with van der Waals surface area (Å²) in [5.41, 5.74) is 2.23. The number of alkyl halides is 3. The van der Waals surface area contributed by atoms with Gasteiger partial charge in [-0.1, -0.05) is 12.1 Å². The summed E-state index contributed by atoms with van der Waals surface area (Å²) in [5.74, 6) is 0.615. The van der Waals surface area contributed by atoms with Gasteiger partial charge in [-0.05, 0) is 75.8 Å². The number of piperidine rings is 2. The Kier molecular flexibility index (Phi) is 5.78. The Balaban J connectivity index is 1.35. The third-order valence-electron chi connectivity index (χ3n) is 8.49. The second-order valence-corrected chi connectivity index (χ2v) is 10.7. The molecule has 3 aliphatic heterocycles. The van der Waals surface area contributed by atoms with Crippen molar-refractivity contribution in [2.45, 2.75) is 70.4 Å². The smallest absolute Gasteiger partial charge is 0.416 e. The van der Waals surface area contributed by atoms with Crippen molar-refractivity contribution in [2.75, 3.05) is 13.1 Å². The molecule has 6 rings (SSSR count). The van der Waals surface area contributed by atoms with Gasteiger partial charge in [-0.3, -0.25) is 4.90 Å². The average Bonchev–Trinajstić information content (AvgIpc) is 3.22. The molecule has 8 heteroatoms. The van der Waals surface area contributed by atoms with Crippen molar-refractivity contribution in [3.8, 4) is 5.75 Å². The maximum Gasteiger partial charge on any atom is 0.416 e. The van der Waals surface area contributed by atoms with Gasteiger partial charge in [-0.25, -0.2) is 4.79 Å². The highest BCUT2D eigenvalue weighted by Gasteiger charge is 2.52. The molecule has 196 valence electrons. The Morgan fingerprint density at radius 2 is 2.00 bits per heavy atom. The highest BCUT2D eigenvalue weighted by molar-refractivity contribution is 6.07. The Bertz CT molecular complexity index is 1360. The summed E-state index contributed by atoms with van der Waals surface area (Å²) >= 11 is 0. The van der Waals surface area contributed by atoms with Gasteiger partial charge >= 0.3 is 12.1 Å². The number of nitrogens with zero attached hydrogens (tertiary/aromatic N) is 1. The lowest BCUT2D eigenvalue weighted by Gasteiger charge is -2.56. The number of esters is 1. The van der Waals surface area contributed by atoms with Gasteiger partial charge < -0.3 is 14.5 Å². The van der Waals surface area contributed by atoms with Crippen LogP contribution in [0.3, 0.4) is 0 Å². The van der Waals surface area contributed by atoms with E-state index in [-0.39, 0.29) is 5.72 Å². The monoisotopic (exact) mass is 512 g/mol. The second-order valence-electron chi connectivity index (χ2n) is 10.7. The zero-order valence-electron chi connectivity index (χ0n) is 21.1. The van der Waals surface area contributed by atoms with E-state index in [1.54, 1.807) is 13.0 Å². The van der Waals surface area contributed by atoms with Gasteiger partial charge in [0.05, 0.1) is 11.1 Å². The van der Waals surface area contributed by atoms with E-state index in [4.69, 9.17) is 9.47 Å². The summed E-state index contributed by atoms with van der Waals surface area (Å²) in [4.78, 5) is 19.3. The second kappa shape index (κ2) is 8.79. The molecule has 3 unspecified atom stereocenters. The number of nitrogens with one attached hydrogen (secondary N) is 1. The summed E-state index contributed by atoms with van der Waals surface area (Å²) in [6.07, 6.45) is 1.11. The number of aryl methyl sites for hydroxylation is 1. The van der Waals surface area contributed by atoms with Crippen molar-refractivity contribution in [3.05, 3.63) is 64.3 Å². The number of fused-ring (bicyclic) bond motifs is 3. The van der Waals surface area contributed by atoms with Crippen molar-refractivity contribution >= 4 is 16.9 Å². The van der Waals surface area contributed by atoms with Crippen LogP contribution in [0, 0.1) is 12.8 Å². The van der Waals surface area contributed by atoms with Crippen molar-refractivity contribution in [1.82, 2.24) is 9.88 Å². The molecule has 1 aromatic heterocycles. The van der Waals surface area contributed by atoms with Crippen molar-refractivity contribution in [3.63, 3.8) is 0 Å². The van der Waals surface area contributed by atoms with Crippen LogP contribution in [-0.2, 0) is 17.3 Å². The summed E-state index contributed by atoms with van der Waals surface area (Å²) in [7, 11) is 0. The number of H-pyrrole nitrogens is 1. The molecule has 3 atom stereocenters. The third kappa shape index (κ3) is 4.00. The van der Waals surface area contributed by atoms with Crippen LogP contribution in [0.1, 0.15) is 77.9 Å².